The van der Waals surface area contributed by atoms with E-state index < -0.39 is 5.82 Å². The van der Waals surface area contributed by atoms with Gasteiger partial charge in [0.05, 0.1) is 19.2 Å². The Morgan fingerprint density at radius 2 is 2.12 bits per heavy atom. The van der Waals surface area contributed by atoms with Crippen LogP contribution in [0.5, 0.6) is 5.75 Å². The molecule has 2 rings (SSSR count). The molecule has 0 spiro atoms. The number of aromatic nitrogens is 2. The van der Waals surface area contributed by atoms with Gasteiger partial charge in [-0.05, 0) is 43.5 Å². The van der Waals surface area contributed by atoms with Crippen molar-refractivity contribution in [2.24, 2.45) is 5.92 Å². The van der Waals surface area contributed by atoms with Crippen molar-refractivity contribution in [3.63, 3.8) is 0 Å². The quantitative estimate of drug-likeness (QED) is 0.847. The van der Waals surface area contributed by atoms with Crippen LogP contribution in [0, 0.1) is 25.6 Å². The van der Waals surface area contributed by atoms with Gasteiger partial charge in [-0.3, -0.25) is 9.48 Å². The Morgan fingerprint density at radius 1 is 1.38 bits per heavy atom. The zero-order valence-electron chi connectivity index (χ0n) is 14.6. The van der Waals surface area contributed by atoms with Crippen molar-refractivity contribution < 1.29 is 13.9 Å². The third-order valence-corrected chi connectivity index (χ3v) is 3.82. The van der Waals surface area contributed by atoms with Crippen LogP contribution in [0.3, 0.4) is 0 Å². The van der Waals surface area contributed by atoms with E-state index in [0.29, 0.717) is 12.1 Å². The Bertz CT molecular complexity index is 712. The molecule has 0 aliphatic carbocycles. The van der Waals surface area contributed by atoms with Gasteiger partial charge in [-0.1, -0.05) is 13.0 Å². The molecule has 1 N–H and O–H groups in total. The average molecular weight is 333 g/mol. The molecule has 0 aliphatic heterocycles. The molecule has 1 amide bonds. The molecular formula is C18H24FN3O2. The first kappa shape index (κ1) is 18.0. The third kappa shape index (κ3) is 4.81. The van der Waals surface area contributed by atoms with E-state index >= 15 is 0 Å². The van der Waals surface area contributed by atoms with E-state index in [2.05, 4.69) is 17.3 Å². The summed E-state index contributed by atoms with van der Waals surface area (Å²) in [6, 6.07) is 6.59. The highest BCUT2D eigenvalue weighted by molar-refractivity contribution is 5.78. The van der Waals surface area contributed by atoms with Crippen LogP contribution in [-0.2, 0) is 17.8 Å². The lowest BCUT2D eigenvalue weighted by molar-refractivity contribution is -0.120. The van der Waals surface area contributed by atoms with E-state index in [-0.39, 0.29) is 24.0 Å². The normalized spacial score (nSPS) is 12.0. The number of rotatable bonds is 7. The average Bonchev–Trinajstić information content (AvgIpc) is 2.83. The van der Waals surface area contributed by atoms with Crippen molar-refractivity contribution in [2.45, 2.75) is 33.7 Å². The molecule has 0 aliphatic rings. The summed E-state index contributed by atoms with van der Waals surface area (Å²) >= 11 is 0. The number of hydrogen-bond acceptors (Lipinski definition) is 3. The molecule has 1 aromatic heterocycles. The smallest absolute Gasteiger partial charge is 0.224 e. The van der Waals surface area contributed by atoms with Crippen molar-refractivity contribution in [2.75, 3.05) is 13.7 Å². The maximum absolute atomic E-state index is 13.6. The van der Waals surface area contributed by atoms with Crippen LogP contribution in [0.1, 0.15) is 23.9 Å². The number of amides is 1. The number of nitrogens with one attached hydrogen (secondary N) is 1. The summed E-state index contributed by atoms with van der Waals surface area (Å²) in [4.78, 5) is 12.0. The van der Waals surface area contributed by atoms with Crippen molar-refractivity contribution in [3.05, 3.63) is 47.0 Å². The molecule has 24 heavy (non-hydrogen) atoms. The fraction of sp³-hybridized carbons (Fsp3) is 0.444. The highest BCUT2D eigenvalue weighted by Crippen LogP contribution is 2.17. The molecule has 0 radical (unpaired) electrons. The van der Waals surface area contributed by atoms with Gasteiger partial charge in [0.25, 0.3) is 0 Å². The highest BCUT2D eigenvalue weighted by atomic mass is 19.1. The largest absolute Gasteiger partial charge is 0.494 e. The minimum Gasteiger partial charge on any atom is -0.494 e. The Hall–Kier alpha value is -2.37. The van der Waals surface area contributed by atoms with Gasteiger partial charge in [0.1, 0.15) is 0 Å². The number of methoxy groups -OCH3 is 1. The van der Waals surface area contributed by atoms with Crippen LogP contribution < -0.4 is 10.1 Å². The number of carbonyl (C=O) groups is 1. The van der Waals surface area contributed by atoms with Gasteiger partial charge < -0.3 is 10.1 Å². The Morgan fingerprint density at radius 3 is 2.71 bits per heavy atom. The van der Waals surface area contributed by atoms with Crippen LogP contribution in [0.4, 0.5) is 4.39 Å². The number of aryl methyl sites for hydroxylation is 2. The molecule has 0 saturated carbocycles. The summed E-state index contributed by atoms with van der Waals surface area (Å²) < 4.78 is 20.4. The fourth-order valence-corrected chi connectivity index (χ4v) is 2.58. The lowest BCUT2D eigenvalue weighted by Gasteiger charge is -2.14. The maximum Gasteiger partial charge on any atom is 0.224 e. The Balaban J connectivity index is 1.82. The first-order valence-electron chi connectivity index (χ1n) is 7.99. The minimum atomic E-state index is -0.458. The summed E-state index contributed by atoms with van der Waals surface area (Å²) in [5.41, 5.74) is 2.72. The molecule has 1 atom stereocenters. The van der Waals surface area contributed by atoms with E-state index in [1.54, 1.807) is 6.07 Å². The van der Waals surface area contributed by atoms with Gasteiger partial charge >= 0.3 is 0 Å². The molecule has 0 bridgehead atoms. The monoisotopic (exact) mass is 333 g/mol. The van der Waals surface area contributed by atoms with Gasteiger partial charge in [-0.2, -0.15) is 5.10 Å². The standard InChI is InChI=1S/C18H24FN3O2/c1-12(11-22-14(3)7-13(2)21-22)10-20-18(23)9-15-5-6-17(24-4)16(19)8-15/h5-8,12H,9-11H2,1-4H3,(H,20,23). The van der Waals surface area contributed by atoms with Crippen LogP contribution in [0.2, 0.25) is 0 Å². The molecule has 1 heterocycles. The zero-order chi connectivity index (χ0) is 17.7. The lowest BCUT2D eigenvalue weighted by Crippen LogP contribution is -2.31. The lowest BCUT2D eigenvalue weighted by atomic mass is 10.1. The number of benzene rings is 1. The van der Waals surface area contributed by atoms with Gasteiger partial charge in [-0.25, -0.2) is 4.39 Å². The summed E-state index contributed by atoms with van der Waals surface area (Å²) in [6.45, 7) is 7.34. The molecule has 0 fully saturated rings. The first-order chi connectivity index (χ1) is 11.4. The van der Waals surface area contributed by atoms with E-state index in [1.807, 2.05) is 24.6 Å². The third-order valence-electron chi connectivity index (χ3n) is 3.82. The van der Waals surface area contributed by atoms with Crippen molar-refractivity contribution in [1.82, 2.24) is 15.1 Å². The van der Waals surface area contributed by atoms with E-state index in [4.69, 9.17) is 4.74 Å². The molecule has 1 unspecified atom stereocenters. The molecular weight excluding hydrogens is 309 g/mol. The van der Waals surface area contributed by atoms with Gasteiger partial charge in [-0.15, -0.1) is 0 Å². The summed E-state index contributed by atoms with van der Waals surface area (Å²) in [5.74, 6) is -0.155. The molecule has 2 aromatic rings. The van der Waals surface area contributed by atoms with Crippen LogP contribution in [-0.4, -0.2) is 29.3 Å². The summed E-state index contributed by atoms with van der Waals surface area (Å²) in [7, 11) is 1.41. The van der Waals surface area contributed by atoms with Crippen molar-refractivity contribution in [3.8, 4) is 5.75 Å². The van der Waals surface area contributed by atoms with Crippen LogP contribution >= 0.6 is 0 Å². The summed E-state index contributed by atoms with van der Waals surface area (Å²) in [5, 5.41) is 7.31. The molecule has 6 heteroatoms. The minimum absolute atomic E-state index is 0.125. The zero-order valence-corrected chi connectivity index (χ0v) is 14.6. The SMILES string of the molecule is COc1ccc(CC(=O)NCC(C)Cn2nc(C)cc2C)cc1F. The van der Waals surface area contributed by atoms with Crippen LogP contribution in [0.25, 0.3) is 0 Å². The van der Waals surface area contributed by atoms with Crippen molar-refractivity contribution in [1.29, 1.82) is 0 Å². The molecule has 0 saturated heterocycles. The predicted molar refractivity (Wildman–Crippen MR) is 90.5 cm³/mol. The topological polar surface area (TPSA) is 56.1 Å². The molecule has 5 nitrogen and oxygen atoms in total. The number of halogens is 1. The number of nitrogens with zero attached hydrogens (tertiary/aromatic N) is 2. The molecule has 1 aromatic carbocycles. The van der Waals surface area contributed by atoms with E-state index in [1.165, 1.54) is 19.2 Å². The second-order valence-corrected chi connectivity index (χ2v) is 6.16. The van der Waals surface area contributed by atoms with Crippen molar-refractivity contribution >= 4 is 5.91 Å². The molecule has 130 valence electrons. The number of hydrogen-bond donors (Lipinski definition) is 1. The number of carbonyl (C=O) groups excluding carboxylic acids is 1. The van der Waals surface area contributed by atoms with E-state index in [0.717, 1.165) is 17.9 Å². The first-order valence-corrected chi connectivity index (χ1v) is 7.99. The Labute approximate surface area is 141 Å². The second-order valence-electron chi connectivity index (χ2n) is 6.16. The van der Waals surface area contributed by atoms with Gasteiger partial charge in [0.15, 0.2) is 11.6 Å². The fourth-order valence-electron chi connectivity index (χ4n) is 2.58. The highest BCUT2D eigenvalue weighted by Gasteiger charge is 2.11. The van der Waals surface area contributed by atoms with Crippen LogP contribution in [0.15, 0.2) is 24.3 Å². The number of ether oxygens (including phenoxy) is 1. The summed E-state index contributed by atoms with van der Waals surface area (Å²) in [6.07, 6.45) is 0.146. The predicted octanol–water partition coefficient (Wildman–Crippen LogP) is 2.64. The Kier molecular flexibility index (Phi) is 5.95. The van der Waals surface area contributed by atoms with E-state index in [9.17, 15) is 9.18 Å². The maximum atomic E-state index is 13.6. The van der Waals surface area contributed by atoms with Gasteiger partial charge in [0, 0.05) is 18.8 Å². The second kappa shape index (κ2) is 7.95. The van der Waals surface area contributed by atoms with Gasteiger partial charge in [0.2, 0.25) is 5.91 Å².